The molecule has 0 radical (unpaired) electrons. The lowest BCUT2D eigenvalue weighted by molar-refractivity contribution is 0.0388. The van der Waals surface area contributed by atoms with E-state index in [1.54, 1.807) is 0 Å². The lowest BCUT2D eigenvalue weighted by Gasteiger charge is -2.35. The summed E-state index contributed by atoms with van der Waals surface area (Å²) < 4.78 is 6.80. The van der Waals surface area contributed by atoms with E-state index in [-0.39, 0.29) is 0 Å². The Kier molecular flexibility index (Phi) is 2.56. The molecule has 0 atom stereocenters. The van der Waals surface area contributed by atoms with Crippen molar-refractivity contribution in [3.05, 3.63) is 28.7 Å². The summed E-state index contributed by atoms with van der Waals surface area (Å²) in [6.07, 6.45) is 0.374. The highest BCUT2D eigenvalue weighted by Gasteiger charge is 2.24. The summed E-state index contributed by atoms with van der Waals surface area (Å²) in [5, 5.41) is 0. The summed E-state index contributed by atoms with van der Waals surface area (Å²) >= 11 is 3.41. The van der Waals surface area contributed by atoms with Gasteiger partial charge in [-0.1, -0.05) is 22.0 Å². The molecule has 0 N–H and O–H groups in total. The molecule has 2 rings (SSSR count). The van der Waals surface area contributed by atoms with Crippen LogP contribution in [0.2, 0.25) is 0 Å². The molecule has 0 amide bonds. The fourth-order valence-electron chi connectivity index (χ4n) is 1.45. The average Bonchev–Trinajstić information content (AvgIpc) is 2.01. The van der Waals surface area contributed by atoms with E-state index in [0.717, 1.165) is 23.3 Å². The number of hydrogen-bond acceptors (Lipinski definition) is 2. The minimum absolute atomic E-state index is 0.374. The van der Waals surface area contributed by atoms with Gasteiger partial charge < -0.3 is 4.74 Å². The minimum Gasteiger partial charge on any atom is -0.488 e. The summed E-state index contributed by atoms with van der Waals surface area (Å²) in [6, 6.07) is 7.98. The molecule has 2 nitrogen and oxygen atoms in total. The Morgan fingerprint density at radius 2 is 2.23 bits per heavy atom. The van der Waals surface area contributed by atoms with Crippen molar-refractivity contribution < 1.29 is 4.74 Å². The average molecular weight is 242 g/mol. The minimum atomic E-state index is 0.374. The van der Waals surface area contributed by atoms with Crippen LogP contribution in [0.15, 0.2) is 28.7 Å². The number of benzene rings is 1. The molecule has 0 spiro atoms. The highest BCUT2D eigenvalue weighted by Crippen LogP contribution is 2.20. The van der Waals surface area contributed by atoms with Gasteiger partial charge in [-0.15, -0.1) is 0 Å². The monoisotopic (exact) mass is 241 g/mol. The van der Waals surface area contributed by atoms with Gasteiger partial charge >= 0.3 is 0 Å². The van der Waals surface area contributed by atoms with Crippen LogP contribution in [0.1, 0.15) is 0 Å². The molecule has 70 valence electrons. The highest BCUT2D eigenvalue weighted by molar-refractivity contribution is 9.10. The van der Waals surface area contributed by atoms with Gasteiger partial charge in [-0.05, 0) is 25.2 Å². The number of nitrogens with zero attached hydrogens (tertiary/aromatic N) is 1. The van der Waals surface area contributed by atoms with Crippen LogP contribution in [0.25, 0.3) is 0 Å². The molecule has 1 heterocycles. The predicted octanol–water partition coefficient (Wildman–Crippen LogP) is 2.14. The summed E-state index contributed by atoms with van der Waals surface area (Å²) in [7, 11) is 2.10. The molecule has 0 saturated carbocycles. The Labute approximate surface area is 86.6 Å². The normalized spacial score (nSPS) is 18.3. The third-order valence-corrected chi connectivity index (χ3v) is 2.62. The van der Waals surface area contributed by atoms with Crippen molar-refractivity contribution in [3.8, 4) is 5.75 Å². The lowest BCUT2D eigenvalue weighted by atomic mass is 10.2. The first-order valence-corrected chi connectivity index (χ1v) is 5.14. The van der Waals surface area contributed by atoms with Crippen LogP contribution in [-0.4, -0.2) is 31.1 Å². The molecule has 0 aromatic heterocycles. The molecule has 0 aliphatic carbocycles. The second-order valence-corrected chi connectivity index (χ2v) is 4.33. The zero-order valence-electron chi connectivity index (χ0n) is 7.53. The van der Waals surface area contributed by atoms with Crippen LogP contribution >= 0.6 is 15.9 Å². The molecular weight excluding hydrogens is 230 g/mol. The Morgan fingerprint density at radius 3 is 2.85 bits per heavy atom. The van der Waals surface area contributed by atoms with Gasteiger partial charge in [0.2, 0.25) is 0 Å². The quantitative estimate of drug-likeness (QED) is 0.787. The van der Waals surface area contributed by atoms with Crippen molar-refractivity contribution in [1.29, 1.82) is 0 Å². The van der Waals surface area contributed by atoms with Gasteiger partial charge in [0.25, 0.3) is 0 Å². The van der Waals surface area contributed by atoms with Crippen molar-refractivity contribution in [1.82, 2.24) is 4.90 Å². The topological polar surface area (TPSA) is 12.5 Å². The number of likely N-dealkylation sites (N-methyl/N-ethyl adjacent to an activating group) is 1. The van der Waals surface area contributed by atoms with Crippen LogP contribution in [0.5, 0.6) is 5.75 Å². The molecular formula is C10H12BrNO. The van der Waals surface area contributed by atoms with E-state index in [0.29, 0.717) is 6.10 Å². The number of halogens is 1. The SMILES string of the molecule is CN1CC(Oc2cccc(Br)c2)C1. The number of ether oxygens (including phenoxy) is 1. The van der Waals surface area contributed by atoms with Crippen molar-refractivity contribution in [2.45, 2.75) is 6.10 Å². The lowest BCUT2D eigenvalue weighted by Crippen LogP contribution is -2.51. The maximum atomic E-state index is 5.73. The van der Waals surface area contributed by atoms with Crippen LogP contribution in [0, 0.1) is 0 Å². The Balaban J connectivity index is 1.94. The Hall–Kier alpha value is -0.540. The molecule has 1 aliphatic heterocycles. The Morgan fingerprint density at radius 1 is 1.46 bits per heavy atom. The summed E-state index contributed by atoms with van der Waals surface area (Å²) in [4.78, 5) is 2.24. The number of hydrogen-bond donors (Lipinski definition) is 0. The largest absolute Gasteiger partial charge is 0.488 e. The van der Waals surface area contributed by atoms with Gasteiger partial charge in [-0.3, -0.25) is 4.90 Å². The molecule has 1 aromatic carbocycles. The van der Waals surface area contributed by atoms with Crippen LogP contribution in [-0.2, 0) is 0 Å². The van der Waals surface area contributed by atoms with Crippen molar-refractivity contribution in [2.24, 2.45) is 0 Å². The van der Waals surface area contributed by atoms with Gasteiger partial charge in [-0.25, -0.2) is 0 Å². The Bertz CT molecular complexity index is 297. The molecule has 1 aromatic rings. The van der Waals surface area contributed by atoms with Crippen molar-refractivity contribution in [3.63, 3.8) is 0 Å². The van der Waals surface area contributed by atoms with E-state index >= 15 is 0 Å². The van der Waals surface area contributed by atoms with E-state index in [1.807, 2.05) is 24.3 Å². The molecule has 0 bridgehead atoms. The third-order valence-electron chi connectivity index (χ3n) is 2.13. The molecule has 0 unspecified atom stereocenters. The third kappa shape index (κ3) is 2.23. The number of likely N-dealkylation sites (tertiary alicyclic amines) is 1. The molecule has 1 fully saturated rings. The first kappa shape index (κ1) is 9.03. The molecule has 13 heavy (non-hydrogen) atoms. The highest BCUT2D eigenvalue weighted by atomic mass is 79.9. The fraction of sp³-hybridized carbons (Fsp3) is 0.400. The fourth-order valence-corrected chi connectivity index (χ4v) is 1.83. The first-order valence-electron chi connectivity index (χ1n) is 4.35. The van der Waals surface area contributed by atoms with Crippen LogP contribution < -0.4 is 4.74 Å². The van der Waals surface area contributed by atoms with Crippen LogP contribution in [0.3, 0.4) is 0 Å². The van der Waals surface area contributed by atoms with Gasteiger partial charge in [0.15, 0.2) is 0 Å². The van der Waals surface area contributed by atoms with Gasteiger partial charge in [0, 0.05) is 17.6 Å². The summed E-state index contributed by atoms with van der Waals surface area (Å²) in [5.41, 5.74) is 0. The second kappa shape index (κ2) is 3.68. The second-order valence-electron chi connectivity index (χ2n) is 3.42. The van der Waals surface area contributed by atoms with Crippen molar-refractivity contribution >= 4 is 15.9 Å². The van der Waals surface area contributed by atoms with E-state index in [1.165, 1.54) is 0 Å². The first-order chi connectivity index (χ1) is 6.24. The zero-order valence-corrected chi connectivity index (χ0v) is 9.12. The molecule has 1 saturated heterocycles. The summed E-state index contributed by atoms with van der Waals surface area (Å²) in [6.45, 7) is 2.07. The maximum Gasteiger partial charge on any atom is 0.124 e. The molecule has 1 aliphatic rings. The van der Waals surface area contributed by atoms with Crippen molar-refractivity contribution in [2.75, 3.05) is 20.1 Å². The number of rotatable bonds is 2. The van der Waals surface area contributed by atoms with E-state index in [2.05, 4.69) is 27.9 Å². The smallest absolute Gasteiger partial charge is 0.124 e. The van der Waals surface area contributed by atoms with Gasteiger partial charge in [-0.2, -0.15) is 0 Å². The molecule has 3 heteroatoms. The van der Waals surface area contributed by atoms with Gasteiger partial charge in [0.1, 0.15) is 11.9 Å². The van der Waals surface area contributed by atoms with Crippen LogP contribution in [0.4, 0.5) is 0 Å². The zero-order chi connectivity index (χ0) is 9.26. The van der Waals surface area contributed by atoms with E-state index < -0.39 is 0 Å². The maximum absolute atomic E-state index is 5.73. The standard InChI is InChI=1S/C10H12BrNO/c1-12-6-10(7-12)13-9-4-2-3-8(11)5-9/h2-5,10H,6-7H2,1H3. The predicted molar refractivity (Wildman–Crippen MR) is 56.1 cm³/mol. The van der Waals surface area contributed by atoms with Gasteiger partial charge in [0.05, 0.1) is 0 Å². The van der Waals surface area contributed by atoms with E-state index in [9.17, 15) is 0 Å². The summed E-state index contributed by atoms with van der Waals surface area (Å²) in [5.74, 6) is 0.951. The van der Waals surface area contributed by atoms with E-state index in [4.69, 9.17) is 4.74 Å².